The summed E-state index contributed by atoms with van der Waals surface area (Å²) >= 11 is 0. The lowest BCUT2D eigenvalue weighted by molar-refractivity contribution is 0.579. The van der Waals surface area contributed by atoms with E-state index in [2.05, 4.69) is 21.9 Å². The zero-order chi connectivity index (χ0) is 7.52. The second-order valence-corrected chi connectivity index (χ2v) is 2.70. The Morgan fingerprint density at radius 2 is 2.55 bits per heavy atom. The highest BCUT2D eigenvalue weighted by molar-refractivity contribution is 5.14. The first-order chi connectivity index (χ1) is 5.47. The fraction of sp³-hybridized carbons (Fsp3) is 0.375. The molecule has 2 heterocycles. The molecule has 1 unspecified atom stereocenters. The molecule has 1 aliphatic rings. The Bertz CT molecular complexity index is 216. The summed E-state index contributed by atoms with van der Waals surface area (Å²) in [6, 6.07) is 4.51. The number of hydrazine groups is 1. The predicted molar refractivity (Wildman–Crippen MR) is 42.7 cm³/mol. The number of hydrogen-bond donors (Lipinski definition) is 2. The summed E-state index contributed by atoms with van der Waals surface area (Å²) in [4.78, 5) is 4.06. The molecule has 1 saturated heterocycles. The fourth-order valence-corrected chi connectivity index (χ4v) is 1.32. The Balaban J connectivity index is 2.16. The van der Waals surface area contributed by atoms with E-state index in [9.17, 15) is 0 Å². The third kappa shape index (κ3) is 1.39. The molecule has 1 aliphatic heterocycles. The van der Waals surface area contributed by atoms with Gasteiger partial charge in [-0.1, -0.05) is 6.07 Å². The molecule has 3 nitrogen and oxygen atoms in total. The molecule has 1 fully saturated rings. The Kier molecular flexibility index (Phi) is 1.83. The molecule has 0 aromatic carbocycles. The lowest BCUT2D eigenvalue weighted by Crippen LogP contribution is -2.24. The first-order valence-corrected chi connectivity index (χ1v) is 3.85. The van der Waals surface area contributed by atoms with Crippen LogP contribution < -0.4 is 10.9 Å². The molecule has 0 amide bonds. The SMILES string of the molecule is c1cncc(C2CCNN2)c1. The molecular formula is C8H11N3. The van der Waals surface area contributed by atoms with E-state index in [1.165, 1.54) is 5.56 Å². The first-order valence-electron chi connectivity index (χ1n) is 3.85. The van der Waals surface area contributed by atoms with Crippen LogP contribution in [-0.2, 0) is 0 Å². The van der Waals surface area contributed by atoms with E-state index in [0.29, 0.717) is 6.04 Å². The molecule has 0 aliphatic carbocycles. The maximum absolute atomic E-state index is 4.06. The minimum absolute atomic E-state index is 0.448. The van der Waals surface area contributed by atoms with Crippen molar-refractivity contribution in [3.05, 3.63) is 30.1 Å². The zero-order valence-electron chi connectivity index (χ0n) is 6.25. The predicted octanol–water partition coefficient (Wildman–Crippen LogP) is 0.621. The maximum Gasteiger partial charge on any atom is 0.0490 e. The molecule has 58 valence electrons. The van der Waals surface area contributed by atoms with Crippen LogP contribution in [0.15, 0.2) is 24.5 Å². The molecule has 11 heavy (non-hydrogen) atoms. The Morgan fingerprint density at radius 3 is 3.18 bits per heavy atom. The van der Waals surface area contributed by atoms with Crippen molar-refractivity contribution in [3.63, 3.8) is 0 Å². The highest BCUT2D eigenvalue weighted by atomic mass is 15.4. The number of hydrogen-bond acceptors (Lipinski definition) is 3. The van der Waals surface area contributed by atoms with Crippen LogP contribution in [-0.4, -0.2) is 11.5 Å². The van der Waals surface area contributed by atoms with Crippen molar-refractivity contribution in [2.45, 2.75) is 12.5 Å². The van der Waals surface area contributed by atoms with Gasteiger partial charge >= 0.3 is 0 Å². The number of pyridine rings is 1. The van der Waals surface area contributed by atoms with Gasteiger partial charge in [-0.05, 0) is 18.1 Å². The van der Waals surface area contributed by atoms with E-state index in [-0.39, 0.29) is 0 Å². The molecule has 1 aromatic heterocycles. The number of aromatic nitrogens is 1. The van der Waals surface area contributed by atoms with Crippen LogP contribution in [0.4, 0.5) is 0 Å². The summed E-state index contributed by atoms with van der Waals surface area (Å²) in [5.41, 5.74) is 7.54. The summed E-state index contributed by atoms with van der Waals surface area (Å²) in [5, 5.41) is 0. The van der Waals surface area contributed by atoms with Gasteiger partial charge in [0.2, 0.25) is 0 Å². The van der Waals surface area contributed by atoms with E-state index >= 15 is 0 Å². The van der Waals surface area contributed by atoms with Crippen LogP contribution in [0, 0.1) is 0 Å². The standard InChI is InChI=1S/C8H11N3/c1-2-7(6-9-4-1)8-3-5-10-11-8/h1-2,4,6,8,10-11H,3,5H2. The summed E-state index contributed by atoms with van der Waals surface area (Å²) in [5.74, 6) is 0. The minimum atomic E-state index is 0.448. The molecule has 0 saturated carbocycles. The lowest BCUT2D eigenvalue weighted by atomic mass is 10.1. The highest BCUT2D eigenvalue weighted by Crippen LogP contribution is 2.16. The van der Waals surface area contributed by atoms with Gasteiger partial charge in [-0.15, -0.1) is 0 Å². The number of rotatable bonds is 1. The lowest BCUT2D eigenvalue weighted by Gasteiger charge is -2.07. The molecule has 2 N–H and O–H groups in total. The van der Waals surface area contributed by atoms with Gasteiger partial charge in [0.1, 0.15) is 0 Å². The smallest absolute Gasteiger partial charge is 0.0490 e. The van der Waals surface area contributed by atoms with Crippen LogP contribution in [0.3, 0.4) is 0 Å². The van der Waals surface area contributed by atoms with Crippen LogP contribution in [0.2, 0.25) is 0 Å². The van der Waals surface area contributed by atoms with Gasteiger partial charge in [0.05, 0.1) is 0 Å². The summed E-state index contributed by atoms with van der Waals surface area (Å²) in [7, 11) is 0. The molecule has 0 spiro atoms. The third-order valence-corrected chi connectivity index (χ3v) is 1.92. The van der Waals surface area contributed by atoms with Crippen molar-refractivity contribution in [1.82, 2.24) is 15.8 Å². The molecular weight excluding hydrogens is 138 g/mol. The average Bonchev–Trinajstić information content (AvgIpc) is 2.58. The fourth-order valence-electron chi connectivity index (χ4n) is 1.32. The molecule has 1 atom stereocenters. The van der Waals surface area contributed by atoms with Crippen LogP contribution >= 0.6 is 0 Å². The summed E-state index contributed by atoms with van der Waals surface area (Å²) in [6.45, 7) is 1.04. The van der Waals surface area contributed by atoms with Crippen LogP contribution in [0.25, 0.3) is 0 Å². The van der Waals surface area contributed by atoms with Gasteiger partial charge in [0, 0.05) is 25.0 Å². The largest absolute Gasteiger partial charge is 0.264 e. The Morgan fingerprint density at radius 1 is 1.55 bits per heavy atom. The second kappa shape index (κ2) is 2.98. The summed E-state index contributed by atoms with van der Waals surface area (Å²) < 4.78 is 0. The average molecular weight is 149 g/mol. The zero-order valence-corrected chi connectivity index (χ0v) is 6.25. The van der Waals surface area contributed by atoms with Crippen molar-refractivity contribution in [2.24, 2.45) is 0 Å². The minimum Gasteiger partial charge on any atom is -0.264 e. The van der Waals surface area contributed by atoms with Gasteiger partial charge in [-0.25, -0.2) is 0 Å². The Labute approximate surface area is 65.8 Å². The normalized spacial score (nSPS) is 23.8. The van der Waals surface area contributed by atoms with Gasteiger partial charge in [0.15, 0.2) is 0 Å². The molecule has 0 radical (unpaired) electrons. The third-order valence-electron chi connectivity index (χ3n) is 1.92. The second-order valence-electron chi connectivity index (χ2n) is 2.70. The monoisotopic (exact) mass is 149 g/mol. The van der Waals surface area contributed by atoms with Gasteiger partial charge in [-0.2, -0.15) is 0 Å². The first kappa shape index (κ1) is 6.76. The van der Waals surface area contributed by atoms with Gasteiger partial charge in [0.25, 0.3) is 0 Å². The van der Waals surface area contributed by atoms with E-state index in [4.69, 9.17) is 0 Å². The van der Waals surface area contributed by atoms with E-state index in [1.807, 2.05) is 12.3 Å². The highest BCUT2D eigenvalue weighted by Gasteiger charge is 2.14. The van der Waals surface area contributed by atoms with Crippen molar-refractivity contribution >= 4 is 0 Å². The van der Waals surface area contributed by atoms with Crippen molar-refractivity contribution in [1.29, 1.82) is 0 Å². The van der Waals surface area contributed by atoms with Gasteiger partial charge < -0.3 is 0 Å². The number of nitrogens with zero attached hydrogens (tertiary/aromatic N) is 1. The quantitative estimate of drug-likeness (QED) is 0.614. The van der Waals surface area contributed by atoms with Crippen molar-refractivity contribution in [2.75, 3.05) is 6.54 Å². The molecule has 3 heteroatoms. The van der Waals surface area contributed by atoms with Crippen molar-refractivity contribution < 1.29 is 0 Å². The van der Waals surface area contributed by atoms with Crippen molar-refractivity contribution in [3.8, 4) is 0 Å². The molecule has 2 rings (SSSR count). The van der Waals surface area contributed by atoms with Gasteiger partial charge in [-0.3, -0.25) is 15.8 Å². The van der Waals surface area contributed by atoms with E-state index in [1.54, 1.807) is 6.20 Å². The molecule has 1 aromatic rings. The topological polar surface area (TPSA) is 37.0 Å². The molecule has 0 bridgehead atoms. The van der Waals surface area contributed by atoms with Crippen LogP contribution in [0.5, 0.6) is 0 Å². The van der Waals surface area contributed by atoms with Crippen LogP contribution in [0.1, 0.15) is 18.0 Å². The van der Waals surface area contributed by atoms with E-state index in [0.717, 1.165) is 13.0 Å². The summed E-state index contributed by atoms with van der Waals surface area (Å²) in [6.07, 6.45) is 4.85. The maximum atomic E-state index is 4.06. The Hall–Kier alpha value is -0.930. The van der Waals surface area contributed by atoms with E-state index < -0.39 is 0 Å². The number of nitrogens with one attached hydrogen (secondary N) is 2.